The van der Waals surface area contributed by atoms with Crippen molar-refractivity contribution in [2.45, 2.75) is 62.8 Å². The Kier molecular flexibility index (Phi) is 8.86. The molecule has 0 saturated carbocycles. The minimum Gasteiger partial charge on any atom is -0.375 e. The number of para-hydroxylation sites is 2. The maximum absolute atomic E-state index is 13.2. The average molecular weight is 639 g/mol. The molecule has 2 heterocycles. The molecule has 6 heteroatoms. The van der Waals surface area contributed by atoms with Crippen molar-refractivity contribution in [1.82, 2.24) is 0 Å². The molecule has 0 bridgehead atoms. The SMILES string of the molecule is O=C1N(Cc2ccccc2)c2ccccc2[C@@]1(O)[C@H]1C=CCCC1.O=C1N(Cc2ccccc2)c2ccccc2[C@]1(O)[C@@H]1C=CCCC1. The fraction of sp³-hybridized carbons (Fsp3) is 0.286. The third-order valence-electron chi connectivity index (χ3n) is 10.3. The summed E-state index contributed by atoms with van der Waals surface area (Å²) in [5.74, 6) is -0.713. The van der Waals surface area contributed by atoms with E-state index < -0.39 is 11.2 Å². The summed E-state index contributed by atoms with van der Waals surface area (Å²) in [6.45, 7) is 0.963. The lowest BCUT2D eigenvalue weighted by atomic mass is 9.77. The van der Waals surface area contributed by atoms with Crippen molar-refractivity contribution in [2.24, 2.45) is 11.8 Å². The number of benzene rings is 4. The number of rotatable bonds is 6. The van der Waals surface area contributed by atoms with E-state index in [1.54, 1.807) is 9.80 Å². The van der Waals surface area contributed by atoms with Crippen molar-refractivity contribution in [3.63, 3.8) is 0 Å². The predicted molar refractivity (Wildman–Crippen MR) is 189 cm³/mol. The summed E-state index contributed by atoms with van der Waals surface area (Å²) in [5.41, 5.74) is 2.36. The van der Waals surface area contributed by atoms with Gasteiger partial charge in [0.2, 0.25) is 0 Å². The molecule has 244 valence electrons. The highest BCUT2D eigenvalue weighted by molar-refractivity contribution is 6.08. The van der Waals surface area contributed by atoms with Gasteiger partial charge in [0.25, 0.3) is 11.8 Å². The van der Waals surface area contributed by atoms with Crippen molar-refractivity contribution in [1.29, 1.82) is 0 Å². The molecule has 4 atom stereocenters. The second kappa shape index (κ2) is 13.4. The third-order valence-corrected chi connectivity index (χ3v) is 10.3. The van der Waals surface area contributed by atoms with E-state index in [1.165, 1.54) is 0 Å². The van der Waals surface area contributed by atoms with E-state index in [0.717, 1.165) is 72.2 Å². The van der Waals surface area contributed by atoms with Crippen LogP contribution in [-0.2, 0) is 33.9 Å². The number of aliphatic hydroxyl groups is 2. The number of hydrogen-bond donors (Lipinski definition) is 2. The summed E-state index contributed by atoms with van der Waals surface area (Å²) in [4.78, 5) is 29.9. The molecular weight excluding hydrogens is 596 g/mol. The van der Waals surface area contributed by atoms with Crippen LogP contribution in [-0.4, -0.2) is 22.0 Å². The standard InChI is InChI=1S/2C21H21NO2/c2*23-20-21(24,17-11-5-2-6-12-17)18-13-7-8-14-19(18)22(20)15-16-9-3-1-4-10-16/h2*1,3-5,7-11,13-14,17,24H,2,6,12,15H2/t2*17-,21-/m10/s1. The highest BCUT2D eigenvalue weighted by atomic mass is 16.3. The van der Waals surface area contributed by atoms with Gasteiger partial charge in [-0.05, 0) is 61.8 Å². The molecule has 0 saturated heterocycles. The first kappa shape index (κ1) is 31.8. The Bertz CT molecular complexity index is 1700. The van der Waals surface area contributed by atoms with Crippen LogP contribution in [0.25, 0.3) is 0 Å². The monoisotopic (exact) mass is 638 g/mol. The van der Waals surface area contributed by atoms with Gasteiger partial charge in [0.1, 0.15) is 0 Å². The molecular formula is C42H42N2O4. The van der Waals surface area contributed by atoms with Crippen LogP contribution >= 0.6 is 0 Å². The van der Waals surface area contributed by atoms with Crippen molar-refractivity contribution in [3.8, 4) is 0 Å². The van der Waals surface area contributed by atoms with Gasteiger partial charge in [-0.1, -0.05) is 121 Å². The molecule has 48 heavy (non-hydrogen) atoms. The summed E-state index contributed by atoms with van der Waals surface area (Å²) >= 11 is 0. The number of carbonyl (C=O) groups excluding carboxylic acids is 2. The molecule has 0 spiro atoms. The van der Waals surface area contributed by atoms with Gasteiger partial charge in [-0.2, -0.15) is 0 Å². The molecule has 4 aromatic rings. The summed E-state index contributed by atoms with van der Waals surface area (Å²) in [5, 5.41) is 22.9. The van der Waals surface area contributed by atoms with Crippen LogP contribution < -0.4 is 9.80 Å². The van der Waals surface area contributed by atoms with Crippen molar-refractivity contribution in [3.05, 3.63) is 156 Å². The van der Waals surface area contributed by atoms with E-state index in [4.69, 9.17) is 0 Å². The summed E-state index contributed by atoms with van der Waals surface area (Å²) < 4.78 is 0. The van der Waals surface area contributed by atoms with E-state index in [9.17, 15) is 19.8 Å². The van der Waals surface area contributed by atoms with Crippen LogP contribution in [0.5, 0.6) is 0 Å². The minimum absolute atomic E-state index is 0.152. The Morgan fingerprint density at radius 1 is 0.542 bits per heavy atom. The molecule has 4 aromatic carbocycles. The Morgan fingerprint density at radius 2 is 0.917 bits per heavy atom. The Balaban J connectivity index is 0.000000152. The van der Waals surface area contributed by atoms with Gasteiger partial charge in [0.15, 0.2) is 11.2 Å². The molecule has 6 nitrogen and oxygen atoms in total. The van der Waals surface area contributed by atoms with Crippen molar-refractivity contribution < 1.29 is 19.8 Å². The van der Waals surface area contributed by atoms with Gasteiger partial charge >= 0.3 is 0 Å². The predicted octanol–water partition coefficient (Wildman–Crippen LogP) is 7.55. The van der Waals surface area contributed by atoms with Crippen LogP contribution in [0.2, 0.25) is 0 Å². The number of allylic oxidation sites excluding steroid dienone is 2. The molecule has 0 radical (unpaired) electrons. The quantitative estimate of drug-likeness (QED) is 0.214. The smallest absolute Gasteiger partial charge is 0.264 e. The summed E-state index contributed by atoms with van der Waals surface area (Å²) in [7, 11) is 0. The minimum atomic E-state index is -1.44. The van der Waals surface area contributed by atoms with Crippen molar-refractivity contribution in [2.75, 3.05) is 9.80 Å². The van der Waals surface area contributed by atoms with E-state index in [-0.39, 0.29) is 23.7 Å². The zero-order valence-electron chi connectivity index (χ0n) is 27.1. The van der Waals surface area contributed by atoms with Crippen molar-refractivity contribution >= 4 is 23.2 Å². The first-order chi connectivity index (χ1) is 23.4. The summed E-state index contributed by atoms with van der Waals surface area (Å²) in [6, 6.07) is 35.1. The summed E-state index contributed by atoms with van der Waals surface area (Å²) in [6.07, 6.45) is 14.0. The number of nitrogens with zero attached hydrogens (tertiary/aromatic N) is 2. The topological polar surface area (TPSA) is 81.1 Å². The molecule has 2 amide bonds. The normalized spacial score (nSPS) is 25.8. The number of fused-ring (bicyclic) bond motifs is 2. The van der Waals surface area contributed by atoms with E-state index in [2.05, 4.69) is 12.2 Å². The molecule has 8 rings (SSSR count). The van der Waals surface area contributed by atoms with Crippen LogP contribution in [0.4, 0.5) is 11.4 Å². The number of anilines is 2. The van der Waals surface area contributed by atoms with Gasteiger partial charge in [-0.3, -0.25) is 9.59 Å². The van der Waals surface area contributed by atoms with Gasteiger partial charge in [0.05, 0.1) is 24.5 Å². The van der Waals surface area contributed by atoms with E-state index in [0.29, 0.717) is 13.1 Å². The molecule has 0 fully saturated rings. The first-order valence-corrected chi connectivity index (χ1v) is 17.1. The second-order valence-electron chi connectivity index (χ2n) is 13.3. The van der Waals surface area contributed by atoms with Gasteiger partial charge < -0.3 is 20.0 Å². The second-order valence-corrected chi connectivity index (χ2v) is 13.3. The highest BCUT2D eigenvalue weighted by Gasteiger charge is 2.54. The molecule has 2 aliphatic carbocycles. The fourth-order valence-electron chi connectivity index (χ4n) is 7.81. The highest BCUT2D eigenvalue weighted by Crippen LogP contribution is 2.49. The van der Waals surface area contributed by atoms with Crippen LogP contribution in [0.1, 0.15) is 60.8 Å². The lowest BCUT2D eigenvalue weighted by Gasteiger charge is -2.31. The molecule has 0 aromatic heterocycles. The molecule has 2 aliphatic heterocycles. The largest absolute Gasteiger partial charge is 0.375 e. The number of carbonyl (C=O) groups is 2. The lowest BCUT2D eigenvalue weighted by molar-refractivity contribution is -0.141. The van der Waals surface area contributed by atoms with Crippen LogP contribution in [0.15, 0.2) is 133 Å². The Morgan fingerprint density at radius 3 is 1.29 bits per heavy atom. The van der Waals surface area contributed by atoms with E-state index >= 15 is 0 Å². The third kappa shape index (κ3) is 5.59. The zero-order chi connectivity index (χ0) is 33.1. The molecule has 0 unspecified atom stereocenters. The average Bonchev–Trinajstić information content (AvgIpc) is 3.50. The van der Waals surface area contributed by atoms with Crippen LogP contribution in [0.3, 0.4) is 0 Å². The molecule has 2 N–H and O–H groups in total. The maximum Gasteiger partial charge on any atom is 0.264 e. The van der Waals surface area contributed by atoms with Gasteiger partial charge in [0, 0.05) is 23.0 Å². The van der Waals surface area contributed by atoms with Crippen LogP contribution in [0, 0.1) is 11.8 Å². The molecule has 4 aliphatic rings. The van der Waals surface area contributed by atoms with Gasteiger partial charge in [-0.15, -0.1) is 0 Å². The lowest BCUT2D eigenvalue weighted by Crippen LogP contribution is -2.45. The Hall–Kier alpha value is -4.78. The zero-order valence-corrected chi connectivity index (χ0v) is 27.1. The number of amides is 2. The Labute approximate surface area is 282 Å². The first-order valence-electron chi connectivity index (χ1n) is 17.1. The number of hydrogen-bond acceptors (Lipinski definition) is 4. The maximum atomic E-state index is 13.2. The fourth-order valence-corrected chi connectivity index (χ4v) is 7.81. The van der Waals surface area contributed by atoms with E-state index in [1.807, 2.05) is 121 Å². The van der Waals surface area contributed by atoms with Gasteiger partial charge in [-0.25, -0.2) is 0 Å².